The predicted octanol–water partition coefficient (Wildman–Crippen LogP) is 2.46. The highest BCUT2D eigenvalue weighted by Gasteiger charge is 2.28. The fourth-order valence-electron chi connectivity index (χ4n) is 3.49. The van der Waals surface area contributed by atoms with E-state index in [9.17, 15) is 5.11 Å². The van der Waals surface area contributed by atoms with E-state index in [1.54, 1.807) is 0 Å². The van der Waals surface area contributed by atoms with Crippen LogP contribution in [0.5, 0.6) is 0 Å². The summed E-state index contributed by atoms with van der Waals surface area (Å²) in [6, 6.07) is 0.726. The van der Waals surface area contributed by atoms with Gasteiger partial charge >= 0.3 is 0 Å². The van der Waals surface area contributed by atoms with Crippen molar-refractivity contribution in [1.82, 2.24) is 14.9 Å². The molecule has 4 heteroatoms. The zero-order chi connectivity index (χ0) is 14.8. The summed E-state index contributed by atoms with van der Waals surface area (Å²) in [5.74, 6) is 0. The summed E-state index contributed by atoms with van der Waals surface area (Å²) in [6.45, 7) is 8.74. The Labute approximate surface area is 122 Å². The van der Waals surface area contributed by atoms with Crippen LogP contribution >= 0.6 is 0 Å². The number of fused-ring (bicyclic) bond motifs is 1. The Bertz CT molecular complexity index is 441. The second-order valence-electron chi connectivity index (χ2n) is 6.82. The summed E-state index contributed by atoms with van der Waals surface area (Å²) in [6.07, 6.45) is 7.70. The van der Waals surface area contributed by atoms with Crippen LogP contribution in [0.3, 0.4) is 0 Å². The lowest BCUT2D eigenvalue weighted by Gasteiger charge is -2.34. The van der Waals surface area contributed by atoms with Crippen LogP contribution in [0.2, 0.25) is 0 Å². The number of aliphatic hydroxyl groups excluding tert-OH is 1. The molecule has 2 unspecified atom stereocenters. The van der Waals surface area contributed by atoms with Gasteiger partial charge < -0.3 is 15.0 Å². The van der Waals surface area contributed by atoms with Gasteiger partial charge in [-0.1, -0.05) is 13.8 Å². The fourth-order valence-corrected chi connectivity index (χ4v) is 3.49. The van der Waals surface area contributed by atoms with Gasteiger partial charge in [0.1, 0.15) is 0 Å². The summed E-state index contributed by atoms with van der Waals surface area (Å²) in [5, 5.41) is 13.2. The fraction of sp³-hybridized carbons (Fsp3) is 0.812. The Morgan fingerprint density at radius 3 is 2.70 bits per heavy atom. The number of imidazole rings is 1. The van der Waals surface area contributed by atoms with Gasteiger partial charge in [0, 0.05) is 23.3 Å². The van der Waals surface area contributed by atoms with Crippen molar-refractivity contribution in [1.29, 1.82) is 0 Å². The number of nitrogens with zero attached hydrogens (tertiary/aromatic N) is 2. The van der Waals surface area contributed by atoms with Crippen molar-refractivity contribution in [3.8, 4) is 0 Å². The highest BCUT2D eigenvalue weighted by atomic mass is 16.3. The minimum Gasteiger partial charge on any atom is -0.394 e. The van der Waals surface area contributed by atoms with Crippen LogP contribution in [0, 0.1) is 0 Å². The van der Waals surface area contributed by atoms with E-state index < -0.39 is 0 Å². The van der Waals surface area contributed by atoms with E-state index in [0.29, 0.717) is 12.1 Å². The molecular weight excluding hydrogens is 250 g/mol. The minimum absolute atomic E-state index is 0.159. The van der Waals surface area contributed by atoms with Gasteiger partial charge in [-0.25, -0.2) is 4.98 Å². The number of aliphatic hydroxyl groups is 1. The van der Waals surface area contributed by atoms with Crippen molar-refractivity contribution >= 4 is 0 Å². The molecule has 20 heavy (non-hydrogen) atoms. The standard InChI is InChI=1S/C16H29N3O/c1-12(2)18-16(4,10-20)9-13(3)19-11-17-14-7-5-6-8-15(14)19/h11-13,18,20H,5-10H2,1-4H3. The van der Waals surface area contributed by atoms with Crippen LogP contribution in [-0.2, 0) is 12.8 Å². The first kappa shape index (κ1) is 15.5. The average Bonchev–Trinajstić information content (AvgIpc) is 2.81. The predicted molar refractivity (Wildman–Crippen MR) is 82.0 cm³/mol. The lowest BCUT2D eigenvalue weighted by molar-refractivity contribution is 0.142. The Morgan fingerprint density at radius 1 is 1.35 bits per heavy atom. The van der Waals surface area contributed by atoms with Gasteiger partial charge in [0.15, 0.2) is 0 Å². The third-order valence-electron chi connectivity index (χ3n) is 4.27. The van der Waals surface area contributed by atoms with Crippen LogP contribution in [0.15, 0.2) is 6.33 Å². The van der Waals surface area contributed by atoms with Crippen LogP contribution in [-0.4, -0.2) is 32.8 Å². The monoisotopic (exact) mass is 279 g/mol. The molecular formula is C16H29N3O. The summed E-state index contributed by atoms with van der Waals surface area (Å²) in [4.78, 5) is 4.57. The average molecular weight is 279 g/mol. The Hall–Kier alpha value is -0.870. The van der Waals surface area contributed by atoms with Crippen LogP contribution in [0.1, 0.15) is 64.4 Å². The third kappa shape index (κ3) is 3.41. The van der Waals surface area contributed by atoms with E-state index in [1.807, 2.05) is 6.33 Å². The minimum atomic E-state index is -0.237. The molecule has 0 aromatic carbocycles. The highest BCUT2D eigenvalue weighted by Crippen LogP contribution is 2.27. The van der Waals surface area contributed by atoms with Crippen LogP contribution in [0.4, 0.5) is 0 Å². The van der Waals surface area contributed by atoms with Gasteiger partial charge in [-0.3, -0.25) is 0 Å². The molecule has 0 aliphatic heterocycles. The zero-order valence-corrected chi connectivity index (χ0v) is 13.3. The Morgan fingerprint density at radius 2 is 2.05 bits per heavy atom. The topological polar surface area (TPSA) is 50.1 Å². The van der Waals surface area contributed by atoms with Crippen molar-refractivity contribution in [3.05, 3.63) is 17.7 Å². The molecule has 2 N–H and O–H groups in total. The first-order valence-electron chi connectivity index (χ1n) is 7.88. The largest absolute Gasteiger partial charge is 0.394 e. The van der Waals surface area contributed by atoms with E-state index in [4.69, 9.17) is 0 Å². The SMILES string of the molecule is CC(C)NC(C)(CO)CC(C)n1cnc2c1CCCC2. The maximum Gasteiger partial charge on any atom is 0.0954 e. The lowest BCUT2D eigenvalue weighted by atomic mass is 9.92. The maximum absolute atomic E-state index is 9.73. The molecule has 0 amide bonds. The number of rotatable bonds is 6. The Kier molecular flexibility index (Phi) is 4.86. The Balaban J connectivity index is 2.11. The number of hydrogen-bond acceptors (Lipinski definition) is 3. The van der Waals surface area contributed by atoms with Crippen LogP contribution in [0.25, 0.3) is 0 Å². The lowest BCUT2D eigenvalue weighted by Crippen LogP contribution is -2.50. The zero-order valence-electron chi connectivity index (χ0n) is 13.3. The molecule has 1 aromatic rings. The molecule has 0 saturated heterocycles. The van der Waals surface area contributed by atoms with E-state index in [-0.39, 0.29) is 12.1 Å². The molecule has 2 rings (SSSR count). The highest BCUT2D eigenvalue weighted by molar-refractivity contribution is 5.17. The van der Waals surface area contributed by atoms with E-state index in [1.165, 1.54) is 24.2 Å². The van der Waals surface area contributed by atoms with E-state index >= 15 is 0 Å². The first-order valence-corrected chi connectivity index (χ1v) is 7.88. The molecule has 114 valence electrons. The second kappa shape index (κ2) is 6.27. The van der Waals surface area contributed by atoms with Gasteiger partial charge in [0.05, 0.1) is 18.6 Å². The normalized spacial score (nSPS) is 19.7. The summed E-state index contributed by atoms with van der Waals surface area (Å²) < 4.78 is 2.32. The molecule has 0 saturated carbocycles. The van der Waals surface area contributed by atoms with Crippen LogP contribution < -0.4 is 5.32 Å². The molecule has 1 aliphatic rings. The van der Waals surface area contributed by atoms with Gasteiger partial charge in [0.25, 0.3) is 0 Å². The quantitative estimate of drug-likeness (QED) is 0.841. The van der Waals surface area contributed by atoms with Crippen molar-refractivity contribution in [2.24, 2.45) is 0 Å². The summed E-state index contributed by atoms with van der Waals surface area (Å²) in [7, 11) is 0. The molecule has 0 bridgehead atoms. The van der Waals surface area contributed by atoms with Crippen molar-refractivity contribution in [2.75, 3.05) is 6.61 Å². The molecule has 4 nitrogen and oxygen atoms in total. The number of aryl methyl sites for hydroxylation is 1. The number of nitrogens with one attached hydrogen (secondary N) is 1. The molecule has 1 aliphatic carbocycles. The first-order chi connectivity index (χ1) is 9.45. The maximum atomic E-state index is 9.73. The van der Waals surface area contributed by atoms with Gasteiger partial charge in [-0.15, -0.1) is 0 Å². The van der Waals surface area contributed by atoms with Crippen molar-refractivity contribution in [3.63, 3.8) is 0 Å². The van der Waals surface area contributed by atoms with E-state index in [0.717, 1.165) is 19.3 Å². The van der Waals surface area contributed by atoms with E-state index in [2.05, 4.69) is 42.6 Å². The van der Waals surface area contributed by atoms with Gasteiger partial charge in [-0.05, 0) is 46.0 Å². The van der Waals surface area contributed by atoms with Gasteiger partial charge in [0.2, 0.25) is 0 Å². The number of aromatic nitrogens is 2. The molecule has 1 aromatic heterocycles. The summed E-state index contributed by atoms with van der Waals surface area (Å²) in [5.41, 5.74) is 2.46. The molecule has 0 fully saturated rings. The van der Waals surface area contributed by atoms with Crippen molar-refractivity contribution < 1.29 is 5.11 Å². The second-order valence-corrected chi connectivity index (χ2v) is 6.82. The molecule has 0 radical (unpaired) electrons. The van der Waals surface area contributed by atoms with Gasteiger partial charge in [-0.2, -0.15) is 0 Å². The summed E-state index contributed by atoms with van der Waals surface area (Å²) >= 11 is 0. The van der Waals surface area contributed by atoms with Crippen molar-refractivity contribution in [2.45, 2.75) is 77.4 Å². The third-order valence-corrected chi connectivity index (χ3v) is 4.27. The number of hydrogen-bond donors (Lipinski definition) is 2. The molecule has 2 atom stereocenters. The molecule has 1 heterocycles. The smallest absolute Gasteiger partial charge is 0.0954 e. The molecule has 0 spiro atoms.